The van der Waals surface area contributed by atoms with Crippen molar-refractivity contribution >= 4 is 55.4 Å². The van der Waals surface area contributed by atoms with Crippen molar-refractivity contribution in [2.75, 3.05) is 0 Å². The molecule has 9 rings (SSSR count). The number of fused-ring (bicyclic) bond motifs is 1. The predicted octanol–water partition coefficient (Wildman–Crippen LogP) is 9.07. The van der Waals surface area contributed by atoms with Crippen LogP contribution in [0.4, 0.5) is 0 Å². The summed E-state index contributed by atoms with van der Waals surface area (Å²) >= 11 is 0. The largest absolute Gasteiger partial charge is 0.242 e. The molecule has 0 aromatic heterocycles. The Labute approximate surface area is 259 Å². The lowest BCUT2D eigenvalue weighted by atomic mass is 9.36. The Balaban J connectivity index is 1.42. The minimum atomic E-state index is -0.165. The summed E-state index contributed by atoms with van der Waals surface area (Å²) in [7, 11) is 0. The van der Waals surface area contributed by atoms with Gasteiger partial charge in [-0.05, 0) is 71.8 Å². The molecule has 44 heavy (non-hydrogen) atoms. The maximum atomic E-state index is 2.50. The molecule has 1 heterocycles. The first-order valence-electron chi connectivity index (χ1n) is 15.7. The first kappa shape index (κ1) is 25.4. The number of hydrogen-bond acceptors (Lipinski definition) is 0. The summed E-state index contributed by atoms with van der Waals surface area (Å²) in [6.07, 6.45) is 0. The molecule has 1 aliphatic heterocycles. The second-order valence-electron chi connectivity index (χ2n) is 12.8. The smallest absolute Gasteiger partial charge is 0.0686 e. The van der Waals surface area contributed by atoms with Crippen LogP contribution in [-0.4, -0.2) is 6.71 Å². The molecule has 0 fully saturated rings. The average Bonchev–Trinajstić information content (AvgIpc) is 3.16. The van der Waals surface area contributed by atoms with Gasteiger partial charge in [-0.15, -0.1) is 0 Å². The second kappa shape index (κ2) is 9.43. The Morgan fingerprint density at radius 3 is 1.91 bits per heavy atom. The summed E-state index contributed by atoms with van der Waals surface area (Å²) in [4.78, 5) is 0. The fraction of sp³-hybridized carbons (Fsp3) is 0.0698. The van der Waals surface area contributed by atoms with Gasteiger partial charge in [0.1, 0.15) is 0 Å². The highest BCUT2D eigenvalue weighted by Crippen LogP contribution is 2.46. The van der Waals surface area contributed by atoms with Crippen molar-refractivity contribution in [3.05, 3.63) is 163 Å². The minimum Gasteiger partial charge on any atom is -0.0686 e. The summed E-state index contributed by atoms with van der Waals surface area (Å²) in [6, 6.07) is 56.6. The van der Waals surface area contributed by atoms with E-state index in [4.69, 9.17) is 0 Å². The lowest BCUT2D eigenvalue weighted by Gasteiger charge is -2.29. The van der Waals surface area contributed by atoms with Crippen LogP contribution >= 0.6 is 0 Å². The molecule has 1 aliphatic rings. The average molecular weight is 559 g/mol. The van der Waals surface area contributed by atoms with Gasteiger partial charge in [0.25, 0.3) is 0 Å². The molecule has 0 atom stereocenters. The molecule has 0 radical (unpaired) electrons. The van der Waals surface area contributed by atoms with Crippen molar-refractivity contribution in [2.24, 2.45) is 0 Å². The molecular weight excluding hydrogens is 527 g/mol. The molecule has 8 aromatic carbocycles. The van der Waals surface area contributed by atoms with E-state index in [0.29, 0.717) is 0 Å². The Hall–Kier alpha value is -5.14. The lowest BCUT2D eigenvalue weighted by molar-refractivity contribution is 0.653. The lowest BCUT2D eigenvalue weighted by Crippen LogP contribution is -2.53. The van der Waals surface area contributed by atoms with E-state index in [1.54, 1.807) is 0 Å². The van der Waals surface area contributed by atoms with Crippen molar-refractivity contribution < 1.29 is 0 Å². The van der Waals surface area contributed by atoms with E-state index in [-0.39, 0.29) is 12.1 Å². The molecule has 0 unspecified atom stereocenters. The summed E-state index contributed by atoms with van der Waals surface area (Å²) in [5, 5.41) is 8.13. The minimum absolute atomic E-state index is 0.163. The van der Waals surface area contributed by atoms with Crippen LogP contribution in [0.1, 0.15) is 25.0 Å². The molecule has 0 aliphatic carbocycles. The molecule has 0 bridgehead atoms. The highest BCUT2D eigenvalue weighted by molar-refractivity contribution is 6.97. The Morgan fingerprint density at radius 1 is 0.432 bits per heavy atom. The molecular formula is C43H31B. The van der Waals surface area contributed by atoms with E-state index >= 15 is 0 Å². The standard InChI is InChI=1S/C43H31B/c1-43(2)36-19-11-12-20-38(36)44(31-15-7-4-8-16-31)39-26-23-29-21-25-35-34(24-22-30-27-37(43)42(39)41(29)40(30)35)33-18-10-9-17-32(33)28-13-5-3-6-14-28/h3-27H,1-2H3. The van der Waals surface area contributed by atoms with Crippen molar-refractivity contribution in [1.82, 2.24) is 0 Å². The van der Waals surface area contributed by atoms with Gasteiger partial charge in [0, 0.05) is 5.41 Å². The van der Waals surface area contributed by atoms with Gasteiger partial charge in [0.15, 0.2) is 0 Å². The highest BCUT2D eigenvalue weighted by atomic mass is 14.3. The van der Waals surface area contributed by atoms with Crippen molar-refractivity contribution in [3.8, 4) is 22.3 Å². The Kier molecular flexibility index (Phi) is 5.44. The molecule has 0 amide bonds. The van der Waals surface area contributed by atoms with Crippen LogP contribution < -0.4 is 16.4 Å². The zero-order valence-electron chi connectivity index (χ0n) is 25.0. The van der Waals surface area contributed by atoms with Crippen LogP contribution in [0, 0.1) is 0 Å². The van der Waals surface area contributed by atoms with Gasteiger partial charge in [-0.1, -0.05) is 176 Å². The van der Waals surface area contributed by atoms with E-state index in [2.05, 4.69) is 166 Å². The Bertz CT molecular complexity index is 2350. The van der Waals surface area contributed by atoms with Crippen molar-refractivity contribution in [3.63, 3.8) is 0 Å². The summed E-state index contributed by atoms with van der Waals surface area (Å²) in [5.41, 5.74) is 11.9. The molecule has 1 heteroatoms. The van der Waals surface area contributed by atoms with E-state index < -0.39 is 0 Å². The molecule has 0 nitrogen and oxygen atoms in total. The molecule has 0 saturated carbocycles. The summed E-state index contributed by atoms with van der Waals surface area (Å²) in [5.74, 6) is 0. The first-order valence-corrected chi connectivity index (χ1v) is 15.7. The molecule has 0 N–H and O–H groups in total. The van der Waals surface area contributed by atoms with E-state index in [1.807, 2.05) is 0 Å². The van der Waals surface area contributed by atoms with Gasteiger partial charge < -0.3 is 0 Å². The topological polar surface area (TPSA) is 0 Å². The third-order valence-electron chi connectivity index (χ3n) is 10.2. The third kappa shape index (κ3) is 3.53. The van der Waals surface area contributed by atoms with Crippen LogP contribution in [0.2, 0.25) is 0 Å². The van der Waals surface area contributed by atoms with Crippen LogP contribution in [-0.2, 0) is 5.41 Å². The van der Waals surface area contributed by atoms with Gasteiger partial charge in [0.2, 0.25) is 6.71 Å². The second-order valence-corrected chi connectivity index (χ2v) is 12.8. The zero-order chi connectivity index (χ0) is 29.4. The quantitative estimate of drug-likeness (QED) is 0.150. The van der Waals surface area contributed by atoms with E-state index in [9.17, 15) is 0 Å². The fourth-order valence-electron chi connectivity index (χ4n) is 8.13. The number of rotatable bonds is 3. The monoisotopic (exact) mass is 558 g/mol. The highest BCUT2D eigenvalue weighted by Gasteiger charge is 2.38. The van der Waals surface area contributed by atoms with Gasteiger partial charge in [-0.25, -0.2) is 0 Å². The van der Waals surface area contributed by atoms with Crippen LogP contribution in [0.15, 0.2) is 152 Å². The normalized spacial score (nSPS) is 13.8. The fourth-order valence-corrected chi connectivity index (χ4v) is 8.13. The van der Waals surface area contributed by atoms with Gasteiger partial charge in [-0.3, -0.25) is 0 Å². The molecule has 8 aromatic rings. The molecule has 206 valence electrons. The zero-order valence-corrected chi connectivity index (χ0v) is 25.0. The van der Waals surface area contributed by atoms with Crippen LogP contribution in [0.5, 0.6) is 0 Å². The third-order valence-corrected chi connectivity index (χ3v) is 10.2. The maximum absolute atomic E-state index is 2.50. The van der Waals surface area contributed by atoms with Gasteiger partial charge >= 0.3 is 0 Å². The van der Waals surface area contributed by atoms with Crippen LogP contribution in [0.3, 0.4) is 0 Å². The molecule has 0 saturated heterocycles. The first-order chi connectivity index (χ1) is 21.6. The van der Waals surface area contributed by atoms with E-state index in [1.165, 1.54) is 82.1 Å². The van der Waals surface area contributed by atoms with Crippen molar-refractivity contribution in [2.45, 2.75) is 19.3 Å². The predicted molar refractivity (Wildman–Crippen MR) is 191 cm³/mol. The SMILES string of the molecule is CC1(C)c2ccccc2B(c2ccccc2)c2ccc3ccc4c(-c5ccccc5-c5ccccc5)ccc5cc1c2c3c54. The van der Waals surface area contributed by atoms with E-state index in [0.717, 1.165) is 0 Å². The Morgan fingerprint density at radius 2 is 1.09 bits per heavy atom. The van der Waals surface area contributed by atoms with Gasteiger partial charge in [-0.2, -0.15) is 0 Å². The van der Waals surface area contributed by atoms with Crippen LogP contribution in [0.25, 0.3) is 54.6 Å². The number of hydrogen-bond donors (Lipinski definition) is 0. The van der Waals surface area contributed by atoms with Gasteiger partial charge in [0.05, 0.1) is 0 Å². The summed E-state index contributed by atoms with van der Waals surface area (Å²) < 4.78 is 0. The molecule has 0 spiro atoms. The summed E-state index contributed by atoms with van der Waals surface area (Å²) in [6.45, 7) is 5.00. The maximum Gasteiger partial charge on any atom is 0.242 e. The van der Waals surface area contributed by atoms with Crippen molar-refractivity contribution in [1.29, 1.82) is 0 Å². The number of benzene rings is 8.